The molecule has 24 heavy (non-hydrogen) atoms. The Labute approximate surface area is 145 Å². The SMILES string of the molecule is CNCCCNC(=O)C(CC(C)C)NS(=O)(=O)c1ccc(C)cc1. The Kier molecular flexibility index (Phi) is 8.38. The number of aryl methyl sites for hydroxylation is 1. The summed E-state index contributed by atoms with van der Waals surface area (Å²) >= 11 is 0. The van der Waals surface area contributed by atoms with Gasteiger partial charge in [-0.1, -0.05) is 31.5 Å². The highest BCUT2D eigenvalue weighted by Gasteiger charge is 2.26. The summed E-state index contributed by atoms with van der Waals surface area (Å²) in [6, 6.07) is 5.81. The van der Waals surface area contributed by atoms with Gasteiger partial charge in [0.2, 0.25) is 15.9 Å². The molecule has 3 N–H and O–H groups in total. The van der Waals surface area contributed by atoms with Crippen LogP contribution in [0.5, 0.6) is 0 Å². The van der Waals surface area contributed by atoms with Crippen LogP contribution in [0.15, 0.2) is 29.2 Å². The van der Waals surface area contributed by atoms with Crippen molar-refractivity contribution >= 4 is 15.9 Å². The van der Waals surface area contributed by atoms with E-state index >= 15 is 0 Å². The van der Waals surface area contributed by atoms with Gasteiger partial charge in [-0.05, 0) is 51.4 Å². The van der Waals surface area contributed by atoms with Crippen molar-refractivity contribution in [2.24, 2.45) is 5.92 Å². The maximum atomic E-state index is 12.5. The Morgan fingerprint density at radius 2 is 1.75 bits per heavy atom. The highest BCUT2D eigenvalue weighted by molar-refractivity contribution is 7.89. The maximum Gasteiger partial charge on any atom is 0.241 e. The molecule has 0 saturated heterocycles. The Morgan fingerprint density at radius 1 is 1.12 bits per heavy atom. The number of hydrogen-bond acceptors (Lipinski definition) is 4. The van der Waals surface area contributed by atoms with Crippen LogP contribution in [0.3, 0.4) is 0 Å². The number of carbonyl (C=O) groups is 1. The van der Waals surface area contributed by atoms with Gasteiger partial charge in [0.15, 0.2) is 0 Å². The molecule has 0 heterocycles. The third-order valence-corrected chi connectivity index (χ3v) is 5.04. The van der Waals surface area contributed by atoms with Gasteiger partial charge in [-0.3, -0.25) is 4.79 Å². The molecule has 1 amide bonds. The van der Waals surface area contributed by atoms with E-state index in [1.165, 1.54) is 0 Å². The fraction of sp³-hybridized carbons (Fsp3) is 0.588. The molecule has 0 spiro atoms. The molecule has 1 unspecified atom stereocenters. The summed E-state index contributed by atoms with van der Waals surface area (Å²) in [5.41, 5.74) is 0.981. The third-order valence-electron chi connectivity index (χ3n) is 3.56. The molecule has 7 heteroatoms. The predicted octanol–water partition coefficient (Wildman–Crippen LogP) is 1.41. The largest absolute Gasteiger partial charge is 0.355 e. The predicted molar refractivity (Wildman–Crippen MR) is 96.3 cm³/mol. The molecule has 1 rings (SSSR count). The minimum Gasteiger partial charge on any atom is -0.355 e. The van der Waals surface area contributed by atoms with Gasteiger partial charge in [0.1, 0.15) is 6.04 Å². The topological polar surface area (TPSA) is 87.3 Å². The van der Waals surface area contributed by atoms with Crippen molar-refractivity contribution in [3.05, 3.63) is 29.8 Å². The summed E-state index contributed by atoms with van der Waals surface area (Å²) in [4.78, 5) is 12.5. The molecule has 6 nitrogen and oxygen atoms in total. The zero-order valence-corrected chi connectivity index (χ0v) is 15.7. The standard InChI is InChI=1S/C17H29N3O3S/c1-13(2)12-16(17(21)19-11-5-10-18-4)20-24(22,23)15-8-6-14(3)7-9-15/h6-9,13,16,18,20H,5,10-12H2,1-4H3,(H,19,21). The van der Waals surface area contributed by atoms with Crippen molar-refractivity contribution < 1.29 is 13.2 Å². The maximum absolute atomic E-state index is 12.5. The van der Waals surface area contributed by atoms with E-state index in [9.17, 15) is 13.2 Å². The van der Waals surface area contributed by atoms with E-state index in [1.807, 2.05) is 27.8 Å². The zero-order chi connectivity index (χ0) is 18.2. The molecule has 1 aromatic rings. The molecule has 0 aliphatic carbocycles. The normalized spacial score (nSPS) is 13.0. The molecular formula is C17H29N3O3S. The van der Waals surface area contributed by atoms with E-state index < -0.39 is 16.1 Å². The number of amides is 1. The first-order chi connectivity index (χ1) is 11.3. The van der Waals surface area contributed by atoms with Gasteiger partial charge in [-0.15, -0.1) is 0 Å². The third kappa shape index (κ3) is 6.98. The summed E-state index contributed by atoms with van der Waals surface area (Å²) in [7, 11) is -1.88. The number of hydrogen-bond donors (Lipinski definition) is 3. The van der Waals surface area contributed by atoms with Gasteiger partial charge in [0.05, 0.1) is 4.90 Å². The Balaban J connectivity index is 2.80. The molecule has 136 valence electrons. The quantitative estimate of drug-likeness (QED) is 0.554. The monoisotopic (exact) mass is 355 g/mol. The molecular weight excluding hydrogens is 326 g/mol. The minimum atomic E-state index is -3.73. The number of sulfonamides is 1. The molecule has 0 bridgehead atoms. The fourth-order valence-electron chi connectivity index (χ4n) is 2.25. The molecule has 0 fully saturated rings. The molecule has 1 aromatic carbocycles. The van der Waals surface area contributed by atoms with Crippen LogP contribution in [0, 0.1) is 12.8 Å². The molecule has 1 atom stereocenters. The highest BCUT2D eigenvalue weighted by Crippen LogP contribution is 2.13. The van der Waals surface area contributed by atoms with Crippen LogP contribution >= 0.6 is 0 Å². The minimum absolute atomic E-state index is 0.171. The average molecular weight is 356 g/mol. The van der Waals surface area contributed by atoms with Gasteiger partial charge in [-0.2, -0.15) is 4.72 Å². The number of benzene rings is 1. The second-order valence-corrected chi connectivity index (χ2v) is 8.08. The van der Waals surface area contributed by atoms with Crippen molar-refractivity contribution in [1.29, 1.82) is 0 Å². The van der Waals surface area contributed by atoms with E-state index in [0.717, 1.165) is 18.5 Å². The van der Waals surface area contributed by atoms with Crippen LogP contribution in [-0.4, -0.2) is 40.5 Å². The lowest BCUT2D eigenvalue weighted by Gasteiger charge is -2.20. The first kappa shape index (κ1) is 20.6. The Morgan fingerprint density at radius 3 is 2.29 bits per heavy atom. The van der Waals surface area contributed by atoms with Crippen molar-refractivity contribution in [3.63, 3.8) is 0 Å². The second-order valence-electron chi connectivity index (χ2n) is 6.36. The first-order valence-corrected chi connectivity index (χ1v) is 9.76. The van der Waals surface area contributed by atoms with Crippen molar-refractivity contribution in [2.45, 2.75) is 44.6 Å². The number of carbonyl (C=O) groups excluding carboxylic acids is 1. The van der Waals surface area contributed by atoms with Crippen molar-refractivity contribution in [2.75, 3.05) is 20.1 Å². The number of rotatable bonds is 10. The lowest BCUT2D eigenvalue weighted by atomic mass is 10.0. The number of nitrogens with one attached hydrogen (secondary N) is 3. The van der Waals surface area contributed by atoms with E-state index in [2.05, 4.69) is 15.4 Å². The van der Waals surface area contributed by atoms with Gasteiger partial charge >= 0.3 is 0 Å². The molecule has 0 aliphatic rings. The molecule has 0 aromatic heterocycles. The summed E-state index contributed by atoms with van der Waals surface area (Å²) in [5.74, 6) is -0.0886. The first-order valence-electron chi connectivity index (χ1n) is 8.27. The van der Waals surface area contributed by atoms with Gasteiger partial charge in [0.25, 0.3) is 0 Å². The summed E-state index contributed by atoms with van der Waals surface area (Å²) in [6.07, 6.45) is 1.24. The van der Waals surface area contributed by atoms with Crippen LogP contribution in [0.4, 0.5) is 0 Å². The fourth-order valence-corrected chi connectivity index (χ4v) is 3.46. The van der Waals surface area contributed by atoms with Crippen molar-refractivity contribution in [3.8, 4) is 0 Å². The van der Waals surface area contributed by atoms with Crippen LogP contribution in [-0.2, 0) is 14.8 Å². The summed E-state index contributed by atoms with van der Waals surface area (Å²) < 4.78 is 27.6. The molecule has 0 saturated carbocycles. The van der Waals surface area contributed by atoms with Crippen LogP contribution in [0.2, 0.25) is 0 Å². The van der Waals surface area contributed by atoms with Crippen LogP contribution in [0.25, 0.3) is 0 Å². The second kappa shape index (κ2) is 9.76. The molecule has 0 radical (unpaired) electrons. The van der Waals surface area contributed by atoms with E-state index in [-0.39, 0.29) is 16.7 Å². The zero-order valence-electron chi connectivity index (χ0n) is 14.9. The smallest absolute Gasteiger partial charge is 0.241 e. The average Bonchev–Trinajstić information content (AvgIpc) is 2.50. The van der Waals surface area contributed by atoms with E-state index in [1.54, 1.807) is 24.3 Å². The Bertz CT molecular complexity index is 612. The highest BCUT2D eigenvalue weighted by atomic mass is 32.2. The van der Waals surface area contributed by atoms with Gasteiger partial charge in [-0.25, -0.2) is 8.42 Å². The van der Waals surface area contributed by atoms with Crippen LogP contribution < -0.4 is 15.4 Å². The van der Waals surface area contributed by atoms with Crippen molar-refractivity contribution in [1.82, 2.24) is 15.4 Å². The lowest BCUT2D eigenvalue weighted by Crippen LogP contribution is -2.47. The summed E-state index contributed by atoms with van der Waals surface area (Å²) in [6.45, 7) is 7.12. The van der Waals surface area contributed by atoms with E-state index in [0.29, 0.717) is 13.0 Å². The lowest BCUT2D eigenvalue weighted by molar-refractivity contribution is -0.123. The Hall–Kier alpha value is -1.44. The molecule has 0 aliphatic heterocycles. The van der Waals surface area contributed by atoms with Crippen LogP contribution in [0.1, 0.15) is 32.3 Å². The van der Waals surface area contributed by atoms with E-state index in [4.69, 9.17) is 0 Å². The summed E-state index contributed by atoms with van der Waals surface area (Å²) in [5, 5.41) is 5.80. The van der Waals surface area contributed by atoms with Gasteiger partial charge < -0.3 is 10.6 Å². The van der Waals surface area contributed by atoms with Gasteiger partial charge in [0, 0.05) is 6.54 Å².